The molecule has 1 fully saturated rings. The third kappa shape index (κ3) is 2.78. The molecule has 1 saturated carbocycles. The molecule has 2 rings (SSSR count). The average Bonchev–Trinajstić information content (AvgIpc) is 2.81. The van der Waals surface area contributed by atoms with Gasteiger partial charge in [0, 0.05) is 6.04 Å². The first-order valence-electron chi connectivity index (χ1n) is 6.03. The summed E-state index contributed by atoms with van der Waals surface area (Å²) in [5, 5.41) is 30.4. The van der Waals surface area contributed by atoms with Crippen LogP contribution in [0.2, 0.25) is 0 Å². The number of rotatable bonds is 3. The fourth-order valence-electron chi connectivity index (χ4n) is 2.31. The van der Waals surface area contributed by atoms with E-state index < -0.39 is 23.5 Å². The van der Waals surface area contributed by atoms with Gasteiger partial charge in [0.25, 0.3) is 5.91 Å². The Bertz CT molecular complexity index is 514. The zero-order valence-corrected chi connectivity index (χ0v) is 10.2. The molecule has 0 radical (unpaired) electrons. The van der Waals surface area contributed by atoms with E-state index in [4.69, 9.17) is 5.11 Å². The minimum absolute atomic E-state index is 0.0150. The fraction of sp³-hybridized carbons (Fsp3) is 0.385. The normalized spacial score (nSPS) is 22.1. The Hall–Kier alpha value is -2.24. The van der Waals surface area contributed by atoms with E-state index in [2.05, 4.69) is 5.32 Å². The molecule has 0 bridgehead atoms. The second kappa shape index (κ2) is 5.17. The van der Waals surface area contributed by atoms with Crippen LogP contribution in [0.5, 0.6) is 11.5 Å². The highest BCUT2D eigenvalue weighted by atomic mass is 16.4. The van der Waals surface area contributed by atoms with Gasteiger partial charge in [0.1, 0.15) is 0 Å². The SMILES string of the molecule is O=C(N[C@H]1CC[C@@H](C(=O)O)C1)c1cccc(O)c1O. The average molecular weight is 265 g/mol. The van der Waals surface area contributed by atoms with Crippen LogP contribution in [-0.2, 0) is 4.79 Å². The van der Waals surface area contributed by atoms with E-state index in [0.717, 1.165) is 0 Å². The third-order valence-electron chi connectivity index (χ3n) is 3.38. The molecule has 6 nitrogen and oxygen atoms in total. The van der Waals surface area contributed by atoms with Gasteiger partial charge in [-0.25, -0.2) is 0 Å². The molecule has 0 spiro atoms. The van der Waals surface area contributed by atoms with Gasteiger partial charge in [-0.05, 0) is 31.4 Å². The number of benzene rings is 1. The number of phenols is 2. The number of nitrogens with one attached hydrogen (secondary N) is 1. The van der Waals surface area contributed by atoms with Crippen molar-refractivity contribution in [1.82, 2.24) is 5.32 Å². The van der Waals surface area contributed by atoms with Crippen molar-refractivity contribution in [2.24, 2.45) is 5.92 Å². The predicted molar refractivity (Wildman–Crippen MR) is 66.0 cm³/mol. The summed E-state index contributed by atoms with van der Waals surface area (Å²) < 4.78 is 0. The molecule has 1 aliphatic rings. The van der Waals surface area contributed by atoms with Crippen LogP contribution in [0, 0.1) is 5.92 Å². The van der Waals surface area contributed by atoms with Gasteiger partial charge in [0.2, 0.25) is 0 Å². The van der Waals surface area contributed by atoms with Gasteiger partial charge in [-0.2, -0.15) is 0 Å². The van der Waals surface area contributed by atoms with Gasteiger partial charge >= 0.3 is 5.97 Å². The smallest absolute Gasteiger partial charge is 0.306 e. The summed E-state index contributed by atoms with van der Waals surface area (Å²) in [4.78, 5) is 22.7. The summed E-state index contributed by atoms with van der Waals surface area (Å²) in [6.07, 6.45) is 1.52. The van der Waals surface area contributed by atoms with Crippen molar-refractivity contribution in [3.63, 3.8) is 0 Å². The summed E-state index contributed by atoms with van der Waals surface area (Å²) >= 11 is 0. The van der Waals surface area contributed by atoms with E-state index in [-0.39, 0.29) is 17.4 Å². The molecule has 102 valence electrons. The van der Waals surface area contributed by atoms with E-state index >= 15 is 0 Å². The molecule has 0 heterocycles. The summed E-state index contributed by atoms with van der Waals surface area (Å²) in [5.41, 5.74) is -0.0150. The number of aromatic hydroxyl groups is 2. The van der Waals surface area contributed by atoms with E-state index in [1.165, 1.54) is 18.2 Å². The fourth-order valence-corrected chi connectivity index (χ4v) is 2.31. The first-order valence-corrected chi connectivity index (χ1v) is 6.03. The molecular formula is C13H15NO5. The predicted octanol–water partition coefficient (Wildman–Crippen LogP) is 1.08. The van der Waals surface area contributed by atoms with Gasteiger partial charge in [-0.15, -0.1) is 0 Å². The van der Waals surface area contributed by atoms with Crippen LogP contribution >= 0.6 is 0 Å². The summed E-state index contributed by atoms with van der Waals surface area (Å²) in [6.45, 7) is 0. The van der Waals surface area contributed by atoms with Gasteiger partial charge in [-0.1, -0.05) is 6.07 Å². The van der Waals surface area contributed by atoms with Crippen molar-refractivity contribution in [2.75, 3.05) is 0 Å². The zero-order valence-electron chi connectivity index (χ0n) is 10.2. The van der Waals surface area contributed by atoms with E-state index in [0.29, 0.717) is 19.3 Å². The molecule has 4 N–H and O–H groups in total. The van der Waals surface area contributed by atoms with Crippen LogP contribution in [0.15, 0.2) is 18.2 Å². The largest absolute Gasteiger partial charge is 0.504 e. The lowest BCUT2D eigenvalue weighted by Crippen LogP contribution is -2.33. The Morgan fingerprint density at radius 2 is 1.95 bits per heavy atom. The summed E-state index contributed by atoms with van der Waals surface area (Å²) in [5.74, 6) is -2.61. The van der Waals surface area contributed by atoms with Gasteiger partial charge in [0.05, 0.1) is 11.5 Å². The number of carbonyl (C=O) groups excluding carboxylic acids is 1. The number of phenolic OH excluding ortho intramolecular Hbond substituents is 2. The molecule has 1 aromatic rings. The molecule has 0 aromatic heterocycles. The van der Waals surface area contributed by atoms with Gasteiger partial charge < -0.3 is 20.6 Å². The molecule has 6 heteroatoms. The van der Waals surface area contributed by atoms with Crippen molar-refractivity contribution in [2.45, 2.75) is 25.3 Å². The number of aliphatic carboxylic acids is 1. The summed E-state index contributed by atoms with van der Waals surface area (Å²) in [7, 11) is 0. The van der Waals surface area contributed by atoms with E-state index in [9.17, 15) is 19.8 Å². The maximum atomic E-state index is 11.9. The van der Waals surface area contributed by atoms with Crippen molar-refractivity contribution in [1.29, 1.82) is 0 Å². The van der Waals surface area contributed by atoms with E-state index in [1.54, 1.807) is 0 Å². The van der Waals surface area contributed by atoms with Crippen LogP contribution in [-0.4, -0.2) is 33.2 Å². The second-order valence-electron chi connectivity index (χ2n) is 4.69. The Labute approximate surface area is 109 Å². The van der Waals surface area contributed by atoms with Crippen LogP contribution in [0.3, 0.4) is 0 Å². The van der Waals surface area contributed by atoms with Crippen molar-refractivity contribution < 1.29 is 24.9 Å². The molecule has 0 unspecified atom stereocenters. The van der Waals surface area contributed by atoms with Crippen LogP contribution in [0.25, 0.3) is 0 Å². The molecule has 2 atom stereocenters. The zero-order chi connectivity index (χ0) is 14.0. The standard InChI is InChI=1S/C13H15NO5/c15-10-3-1-2-9(11(10)16)12(17)14-8-5-4-7(6-8)13(18)19/h1-3,7-8,15-16H,4-6H2,(H,14,17)(H,18,19)/t7-,8+/m1/s1. The molecule has 19 heavy (non-hydrogen) atoms. The van der Waals surface area contributed by atoms with Crippen LogP contribution < -0.4 is 5.32 Å². The van der Waals surface area contributed by atoms with Crippen molar-refractivity contribution >= 4 is 11.9 Å². The number of hydrogen-bond acceptors (Lipinski definition) is 4. The highest BCUT2D eigenvalue weighted by Crippen LogP contribution is 2.29. The minimum Gasteiger partial charge on any atom is -0.504 e. The Morgan fingerprint density at radius 1 is 1.21 bits per heavy atom. The van der Waals surface area contributed by atoms with Crippen LogP contribution in [0.1, 0.15) is 29.6 Å². The van der Waals surface area contributed by atoms with E-state index in [1.807, 2.05) is 0 Å². The number of para-hydroxylation sites is 1. The lowest BCUT2D eigenvalue weighted by molar-refractivity contribution is -0.141. The topological polar surface area (TPSA) is 107 Å². The first-order chi connectivity index (χ1) is 8.99. The monoisotopic (exact) mass is 265 g/mol. The Balaban J connectivity index is 2.02. The van der Waals surface area contributed by atoms with Crippen molar-refractivity contribution in [3.05, 3.63) is 23.8 Å². The Morgan fingerprint density at radius 3 is 2.58 bits per heavy atom. The number of carboxylic acid groups (broad SMARTS) is 1. The number of carbonyl (C=O) groups is 2. The third-order valence-corrected chi connectivity index (χ3v) is 3.38. The molecule has 1 aliphatic carbocycles. The molecule has 0 saturated heterocycles. The Kier molecular flexibility index (Phi) is 3.59. The number of carboxylic acids is 1. The molecule has 1 amide bonds. The maximum Gasteiger partial charge on any atom is 0.306 e. The molecule has 0 aliphatic heterocycles. The molecular weight excluding hydrogens is 250 g/mol. The minimum atomic E-state index is -0.850. The van der Waals surface area contributed by atoms with Crippen molar-refractivity contribution in [3.8, 4) is 11.5 Å². The highest BCUT2D eigenvalue weighted by molar-refractivity contribution is 5.97. The first kappa shape index (κ1) is 13.2. The highest BCUT2D eigenvalue weighted by Gasteiger charge is 2.31. The lowest BCUT2D eigenvalue weighted by Gasteiger charge is -2.13. The van der Waals surface area contributed by atoms with Gasteiger partial charge in [0.15, 0.2) is 11.5 Å². The maximum absolute atomic E-state index is 11.9. The molecule has 1 aromatic carbocycles. The lowest BCUT2D eigenvalue weighted by atomic mass is 10.1. The summed E-state index contributed by atoms with van der Waals surface area (Å²) in [6, 6.07) is 3.92. The van der Waals surface area contributed by atoms with Crippen LogP contribution in [0.4, 0.5) is 0 Å². The quantitative estimate of drug-likeness (QED) is 0.612. The number of amides is 1. The number of hydrogen-bond donors (Lipinski definition) is 4. The second-order valence-corrected chi connectivity index (χ2v) is 4.69. The van der Waals surface area contributed by atoms with Gasteiger partial charge in [-0.3, -0.25) is 9.59 Å².